The average Bonchev–Trinajstić information content (AvgIpc) is 3.32. The van der Waals surface area contributed by atoms with Crippen LogP contribution in [-0.4, -0.2) is 22.0 Å². The summed E-state index contributed by atoms with van der Waals surface area (Å²) < 4.78 is 5.38. The maximum absolute atomic E-state index is 12.7. The van der Waals surface area contributed by atoms with Crippen molar-refractivity contribution in [1.29, 1.82) is 0 Å². The molecular formula is C22H11Cl2N3O3. The molecule has 8 heteroatoms. The topological polar surface area (TPSA) is 76.3 Å². The van der Waals surface area contributed by atoms with Gasteiger partial charge in [-0.3, -0.25) is 9.59 Å². The molecule has 30 heavy (non-hydrogen) atoms. The third kappa shape index (κ3) is 2.98. The molecule has 0 radical (unpaired) electrons. The molecule has 4 aromatic rings. The minimum Gasteiger partial charge on any atom is -0.334 e. The van der Waals surface area contributed by atoms with Crippen LogP contribution in [0.25, 0.3) is 22.8 Å². The monoisotopic (exact) mass is 435 g/mol. The van der Waals surface area contributed by atoms with Crippen LogP contribution in [0.4, 0.5) is 5.69 Å². The Bertz CT molecular complexity index is 1300. The number of carbonyl (C=O) groups excluding carboxylic acids is 2. The van der Waals surface area contributed by atoms with E-state index in [9.17, 15) is 9.59 Å². The maximum Gasteiger partial charge on any atom is 0.266 e. The fourth-order valence-electron chi connectivity index (χ4n) is 3.32. The lowest BCUT2D eigenvalue weighted by molar-refractivity contribution is 0.0926. The molecule has 0 atom stereocenters. The molecule has 1 aromatic heterocycles. The smallest absolute Gasteiger partial charge is 0.266 e. The van der Waals surface area contributed by atoms with E-state index in [-0.39, 0.29) is 17.7 Å². The van der Waals surface area contributed by atoms with Crippen molar-refractivity contribution < 1.29 is 14.1 Å². The van der Waals surface area contributed by atoms with Crippen LogP contribution >= 0.6 is 23.2 Å². The van der Waals surface area contributed by atoms with Gasteiger partial charge in [0.2, 0.25) is 5.82 Å². The number of rotatable bonds is 3. The van der Waals surface area contributed by atoms with Crippen molar-refractivity contribution in [2.45, 2.75) is 0 Å². The van der Waals surface area contributed by atoms with E-state index in [4.69, 9.17) is 27.7 Å². The number of nitrogens with zero attached hydrogens (tertiary/aromatic N) is 3. The van der Waals surface area contributed by atoms with E-state index in [0.717, 1.165) is 4.90 Å². The number of imide groups is 1. The van der Waals surface area contributed by atoms with Crippen LogP contribution in [-0.2, 0) is 0 Å². The lowest BCUT2D eigenvalue weighted by atomic mass is 10.1. The Morgan fingerprint density at radius 2 is 1.53 bits per heavy atom. The van der Waals surface area contributed by atoms with Gasteiger partial charge in [-0.15, -0.1) is 0 Å². The standard InChI is InChI=1S/C22H11Cl2N3O3/c23-13-8-9-17(18(24)11-13)19-25-20(30-26-19)12-4-3-5-14(10-12)27-21(28)15-6-1-2-7-16(15)22(27)29/h1-11H. The molecule has 0 aliphatic carbocycles. The second-order valence-electron chi connectivity index (χ2n) is 6.59. The van der Waals surface area contributed by atoms with Gasteiger partial charge >= 0.3 is 0 Å². The highest BCUT2D eigenvalue weighted by Crippen LogP contribution is 2.33. The normalized spacial score (nSPS) is 13.1. The third-order valence-electron chi connectivity index (χ3n) is 4.74. The van der Waals surface area contributed by atoms with E-state index in [1.165, 1.54) is 0 Å². The summed E-state index contributed by atoms with van der Waals surface area (Å²) in [5, 5.41) is 4.88. The van der Waals surface area contributed by atoms with Crippen molar-refractivity contribution in [3.05, 3.63) is 87.9 Å². The van der Waals surface area contributed by atoms with Gasteiger partial charge in [0.05, 0.1) is 21.8 Å². The van der Waals surface area contributed by atoms with Gasteiger partial charge in [-0.05, 0) is 48.5 Å². The number of carbonyl (C=O) groups is 2. The van der Waals surface area contributed by atoms with Crippen molar-refractivity contribution in [1.82, 2.24) is 10.1 Å². The third-order valence-corrected chi connectivity index (χ3v) is 5.29. The molecule has 146 valence electrons. The fraction of sp³-hybridized carbons (Fsp3) is 0. The molecule has 0 bridgehead atoms. The zero-order valence-electron chi connectivity index (χ0n) is 15.2. The van der Waals surface area contributed by atoms with Crippen LogP contribution < -0.4 is 4.90 Å². The van der Waals surface area contributed by atoms with Gasteiger partial charge in [0.25, 0.3) is 17.7 Å². The lowest BCUT2D eigenvalue weighted by Crippen LogP contribution is -2.29. The first-order chi connectivity index (χ1) is 14.5. The van der Waals surface area contributed by atoms with Gasteiger partial charge in [0, 0.05) is 16.1 Å². The first-order valence-electron chi connectivity index (χ1n) is 8.90. The zero-order valence-corrected chi connectivity index (χ0v) is 16.7. The highest BCUT2D eigenvalue weighted by atomic mass is 35.5. The van der Waals surface area contributed by atoms with Gasteiger partial charge in [0.1, 0.15) is 0 Å². The van der Waals surface area contributed by atoms with Crippen LogP contribution in [0.3, 0.4) is 0 Å². The Morgan fingerprint density at radius 3 is 2.23 bits per heavy atom. The molecule has 0 saturated carbocycles. The summed E-state index contributed by atoms with van der Waals surface area (Å²) >= 11 is 12.2. The SMILES string of the molecule is O=C1c2ccccc2C(=O)N1c1cccc(-c2nc(-c3ccc(Cl)cc3Cl)no2)c1. The Kier molecular flexibility index (Phi) is 4.38. The maximum atomic E-state index is 12.7. The molecule has 5 rings (SSSR count). The zero-order chi connectivity index (χ0) is 20.8. The van der Waals surface area contributed by atoms with E-state index < -0.39 is 0 Å². The number of halogens is 2. The Balaban J connectivity index is 1.50. The minimum absolute atomic E-state index is 0.231. The van der Waals surface area contributed by atoms with Crippen molar-refractivity contribution in [3.63, 3.8) is 0 Å². The van der Waals surface area contributed by atoms with Gasteiger partial charge in [-0.25, -0.2) is 4.90 Å². The average molecular weight is 436 g/mol. The molecule has 0 spiro atoms. The van der Waals surface area contributed by atoms with E-state index >= 15 is 0 Å². The summed E-state index contributed by atoms with van der Waals surface area (Å²) in [7, 11) is 0. The highest BCUT2D eigenvalue weighted by Gasteiger charge is 2.36. The first kappa shape index (κ1) is 18.5. The Morgan fingerprint density at radius 1 is 0.800 bits per heavy atom. The summed E-state index contributed by atoms with van der Waals surface area (Å²) in [5.41, 5.74) is 2.32. The molecule has 6 nitrogen and oxygen atoms in total. The molecule has 3 aromatic carbocycles. The molecule has 0 unspecified atom stereocenters. The van der Waals surface area contributed by atoms with Crippen LogP contribution in [0, 0.1) is 0 Å². The molecular weight excluding hydrogens is 425 g/mol. The van der Waals surface area contributed by atoms with Gasteiger partial charge < -0.3 is 4.52 Å². The summed E-state index contributed by atoms with van der Waals surface area (Å²) in [5.74, 6) is -0.203. The molecule has 1 aliphatic rings. The van der Waals surface area contributed by atoms with Gasteiger partial charge in [0.15, 0.2) is 0 Å². The Hall–Kier alpha value is -3.48. The first-order valence-corrected chi connectivity index (χ1v) is 9.66. The fourth-order valence-corrected chi connectivity index (χ4v) is 3.82. The second-order valence-corrected chi connectivity index (χ2v) is 7.43. The molecule has 1 aliphatic heterocycles. The van der Waals surface area contributed by atoms with Crippen LogP contribution in [0.1, 0.15) is 20.7 Å². The molecule has 2 amide bonds. The number of benzene rings is 3. The van der Waals surface area contributed by atoms with E-state index in [1.807, 2.05) is 0 Å². The molecule has 0 fully saturated rings. The number of amides is 2. The van der Waals surface area contributed by atoms with Crippen LogP contribution in [0.2, 0.25) is 10.0 Å². The van der Waals surface area contributed by atoms with Crippen molar-refractivity contribution in [3.8, 4) is 22.8 Å². The summed E-state index contributed by atoms with van der Waals surface area (Å²) in [4.78, 5) is 31.0. The van der Waals surface area contributed by atoms with Crippen LogP contribution in [0.15, 0.2) is 71.3 Å². The second kappa shape index (κ2) is 7.09. The lowest BCUT2D eigenvalue weighted by Gasteiger charge is -2.14. The van der Waals surface area contributed by atoms with E-state index in [1.54, 1.807) is 66.7 Å². The van der Waals surface area contributed by atoms with E-state index in [2.05, 4.69) is 10.1 Å². The number of aromatic nitrogens is 2. The number of fused-ring (bicyclic) bond motifs is 1. The quantitative estimate of drug-likeness (QED) is 0.396. The number of hydrogen-bond donors (Lipinski definition) is 0. The highest BCUT2D eigenvalue weighted by molar-refractivity contribution is 6.36. The summed E-state index contributed by atoms with van der Waals surface area (Å²) in [6, 6.07) is 18.5. The van der Waals surface area contributed by atoms with E-state index in [0.29, 0.717) is 43.8 Å². The molecule has 0 N–H and O–H groups in total. The van der Waals surface area contributed by atoms with Crippen molar-refractivity contribution in [2.75, 3.05) is 4.90 Å². The molecule has 0 saturated heterocycles. The largest absolute Gasteiger partial charge is 0.334 e. The number of hydrogen-bond acceptors (Lipinski definition) is 5. The Labute approximate surface area is 180 Å². The predicted octanol–water partition coefficient (Wildman–Crippen LogP) is 5.51. The van der Waals surface area contributed by atoms with Gasteiger partial charge in [-0.1, -0.05) is 46.6 Å². The van der Waals surface area contributed by atoms with Crippen LogP contribution in [0.5, 0.6) is 0 Å². The van der Waals surface area contributed by atoms with Crippen molar-refractivity contribution in [2.24, 2.45) is 0 Å². The van der Waals surface area contributed by atoms with Gasteiger partial charge in [-0.2, -0.15) is 4.98 Å². The predicted molar refractivity (Wildman–Crippen MR) is 113 cm³/mol. The van der Waals surface area contributed by atoms with Crippen molar-refractivity contribution >= 4 is 40.7 Å². The summed E-state index contributed by atoms with van der Waals surface area (Å²) in [6.07, 6.45) is 0. The minimum atomic E-state index is -0.369. The number of anilines is 1. The molecule has 2 heterocycles. The summed E-state index contributed by atoms with van der Waals surface area (Å²) in [6.45, 7) is 0.